The summed E-state index contributed by atoms with van der Waals surface area (Å²) in [6, 6.07) is -0.465. The summed E-state index contributed by atoms with van der Waals surface area (Å²) in [6.45, 7) is 1.85. The predicted molar refractivity (Wildman–Crippen MR) is 75.2 cm³/mol. The van der Waals surface area contributed by atoms with Crippen molar-refractivity contribution < 1.29 is 14.4 Å². The lowest BCUT2D eigenvalue weighted by Gasteiger charge is -2.08. The van der Waals surface area contributed by atoms with Crippen LogP contribution in [-0.4, -0.2) is 29.5 Å². The minimum Gasteiger partial charge on any atom is -0.340 e. The molecule has 0 aromatic heterocycles. The van der Waals surface area contributed by atoms with Gasteiger partial charge < -0.3 is 10.2 Å². The molecule has 0 spiro atoms. The van der Waals surface area contributed by atoms with Gasteiger partial charge in [0.1, 0.15) is 0 Å². The second-order valence-electron chi connectivity index (χ2n) is 4.13. The molecule has 2 N–H and O–H groups in total. The summed E-state index contributed by atoms with van der Waals surface area (Å²) in [4.78, 5) is 25.8. The molecule has 1 aliphatic heterocycles. The minimum absolute atomic E-state index is 0.465. The first kappa shape index (κ1) is 15.5. The lowest BCUT2D eigenvalue weighted by atomic mass is 10.1. The van der Waals surface area contributed by atoms with Gasteiger partial charge in [0.05, 0.1) is 0 Å². The second-order valence-corrected chi connectivity index (χ2v) is 6.92. The normalized spacial score (nSPS) is 18.4. The zero-order valence-corrected chi connectivity index (χ0v) is 12.2. The summed E-state index contributed by atoms with van der Waals surface area (Å²) in [6.07, 6.45) is 5.90. The average molecular weight is 292 g/mol. The number of unbranched alkanes of at least 4 members (excludes halogenated alkanes) is 2. The van der Waals surface area contributed by atoms with Crippen molar-refractivity contribution in [2.45, 2.75) is 44.3 Å². The number of carbonyl (C=O) groups is 2. The Morgan fingerprint density at radius 2 is 2.17 bits per heavy atom. The maximum absolute atomic E-state index is 11.1. The van der Waals surface area contributed by atoms with Crippen molar-refractivity contribution in [3.05, 3.63) is 0 Å². The molecule has 1 atom stereocenters. The highest BCUT2D eigenvalue weighted by molar-refractivity contribution is 8.77. The van der Waals surface area contributed by atoms with E-state index in [9.17, 15) is 9.59 Å². The Morgan fingerprint density at radius 3 is 2.83 bits per heavy atom. The van der Waals surface area contributed by atoms with Crippen LogP contribution in [0.4, 0.5) is 4.79 Å². The highest BCUT2D eigenvalue weighted by atomic mass is 33.1. The first-order valence-corrected chi connectivity index (χ1v) is 8.56. The van der Waals surface area contributed by atoms with Crippen molar-refractivity contribution >= 4 is 33.6 Å². The predicted octanol–water partition coefficient (Wildman–Crippen LogP) is 2.48. The second kappa shape index (κ2) is 9.38. The van der Waals surface area contributed by atoms with Crippen LogP contribution in [0.15, 0.2) is 0 Å². The van der Waals surface area contributed by atoms with Crippen LogP contribution in [0.1, 0.15) is 39.0 Å². The molecule has 0 saturated carbocycles. The van der Waals surface area contributed by atoms with Crippen LogP contribution < -0.4 is 10.8 Å². The number of amides is 2. The van der Waals surface area contributed by atoms with Crippen LogP contribution >= 0.6 is 21.6 Å². The Hall–Kier alpha value is -0.560. The fourth-order valence-corrected chi connectivity index (χ4v) is 4.62. The molecule has 0 radical (unpaired) electrons. The molecule has 7 heteroatoms. The Kier molecular flexibility index (Phi) is 8.08. The summed E-state index contributed by atoms with van der Waals surface area (Å²) in [5, 5.41) is 3.46. The molecule has 2 amide bonds. The molecule has 1 heterocycles. The number of nitrogens with one attached hydrogen (secondary N) is 2. The summed E-state index contributed by atoms with van der Waals surface area (Å²) in [5.41, 5.74) is 2.01. The lowest BCUT2D eigenvalue weighted by Crippen LogP contribution is -2.36. The number of hydroxylamine groups is 1. The van der Waals surface area contributed by atoms with Crippen LogP contribution in [0.3, 0.4) is 0 Å². The Labute approximate surface area is 116 Å². The van der Waals surface area contributed by atoms with Gasteiger partial charge >= 0.3 is 12.0 Å². The van der Waals surface area contributed by atoms with Gasteiger partial charge in [0, 0.05) is 24.5 Å². The van der Waals surface area contributed by atoms with Gasteiger partial charge in [-0.2, -0.15) is 5.48 Å². The fourth-order valence-electron chi connectivity index (χ4n) is 1.59. The van der Waals surface area contributed by atoms with Crippen molar-refractivity contribution in [1.29, 1.82) is 0 Å². The van der Waals surface area contributed by atoms with Crippen molar-refractivity contribution in [1.82, 2.24) is 10.8 Å². The molecule has 5 nitrogen and oxygen atoms in total. The molecule has 1 fully saturated rings. The molecule has 1 rings (SSSR count). The standard InChI is InChI=1S/C11H20N2O3S2/c1-9(14)16-13-11(15)12-7-4-2-3-5-10-6-8-17-18-10/h10H,2-8H2,1H3,(H2,12,13,15). The minimum atomic E-state index is -0.530. The van der Waals surface area contributed by atoms with Crippen LogP contribution in [-0.2, 0) is 9.63 Å². The third-order valence-electron chi connectivity index (χ3n) is 2.50. The fraction of sp³-hybridized carbons (Fsp3) is 0.818. The molecule has 0 aliphatic carbocycles. The van der Waals surface area contributed by atoms with Crippen LogP contribution in [0.2, 0.25) is 0 Å². The zero-order chi connectivity index (χ0) is 13.2. The molecular weight excluding hydrogens is 272 g/mol. The Bertz CT molecular complexity index is 271. The van der Waals surface area contributed by atoms with Gasteiger partial charge in [0.25, 0.3) is 0 Å². The Balaban J connectivity index is 1.85. The zero-order valence-electron chi connectivity index (χ0n) is 10.6. The van der Waals surface area contributed by atoms with E-state index in [0.717, 1.165) is 18.1 Å². The van der Waals surface area contributed by atoms with E-state index >= 15 is 0 Å². The molecule has 1 unspecified atom stereocenters. The van der Waals surface area contributed by atoms with Crippen LogP contribution in [0.25, 0.3) is 0 Å². The van der Waals surface area contributed by atoms with E-state index in [-0.39, 0.29) is 0 Å². The SMILES string of the molecule is CC(=O)ONC(=O)NCCCCCC1CCSS1. The number of carbonyl (C=O) groups excluding carboxylic acids is 2. The van der Waals surface area contributed by atoms with Crippen molar-refractivity contribution in [2.24, 2.45) is 0 Å². The largest absolute Gasteiger partial charge is 0.348 e. The van der Waals surface area contributed by atoms with E-state index in [1.165, 1.54) is 31.9 Å². The molecule has 0 aromatic rings. The van der Waals surface area contributed by atoms with Gasteiger partial charge in [-0.25, -0.2) is 4.79 Å². The van der Waals surface area contributed by atoms with Gasteiger partial charge in [0.15, 0.2) is 0 Å². The average Bonchev–Trinajstić information content (AvgIpc) is 2.84. The van der Waals surface area contributed by atoms with E-state index in [2.05, 4.69) is 10.2 Å². The van der Waals surface area contributed by atoms with E-state index in [1.807, 2.05) is 27.1 Å². The molecule has 18 heavy (non-hydrogen) atoms. The van der Waals surface area contributed by atoms with Gasteiger partial charge in [-0.3, -0.25) is 4.79 Å². The summed E-state index contributed by atoms with van der Waals surface area (Å²) >= 11 is 0. The maximum Gasteiger partial charge on any atom is 0.348 e. The van der Waals surface area contributed by atoms with E-state index in [4.69, 9.17) is 0 Å². The topological polar surface area (TPSA) is 67.4 Å². The third kappa shape index (κ3) is 7.71. The van der Waals surface area contributed by atoms with Crippen molar-refractivity contribution in [3.8, 4) is 0 Å². The number of hydrogen-bond donors (Lipinski definition) is 2. The van der Waals surface area contributed by atoms with E-state index in [1.54, 1.807) is 0 Å². The van der Waals surface area contributed by atoms with E-state index < -0.39 is 12.0 Å². The van der Waals surface area contributed by atoms with Crippen LogP contribution in [0.5, 0.6) is 0 Å². The quantitative estimate of drug-likeness (QED) is 0.447. The molecule has 1 aliphatic rings. The number of hydrogen-bond acceptors (Lipinski definition) is 5. The molecule has 104 valence electrons. The van der Waals surface area contributed by atoms with Gasteiger partial charge in [-0.15, -0.1) is 0 Å². The molecule has 0 bridgehead atoms. The highest BCUT2D eigenvalue weighted by Crippen LogP contribution is 2.39. The summed E-state index contributed by atoms with van der Waals surface area (Å²) in [7, 11) is 3.98. The van der Waals surface area contributed by atoms with Gasteiger partial charge in [-0.1, -0.05) is 34.4 Å². The molecular formula is C11H20N2O3S2. The first-order chi connectivity index (χ1) is 8.68. The van der Waals surface area contributed by atoms with Gasteiger partial charge in [0.2, 0.25) is 0 Å². The summed E-state index contributed by atoms with van der Waals surface area (Å²) < 4.78 is 0. The number of urea groups is 1. The van der Waals surface area contributed by atoms with Gasteiger partial charge in [-0.05, 0) is 19.3 Å². The summed E-state index contributed by atoms with van der Waals surface area (Å²) in [5.74, 6) is 0.754. The van der Waals surface area contributed by atoms with Crippen molar-refractivity contribution in [3.63, 3.8) is 0 Å². The smallest absolute Gasteiger partial charge is 0.340 e. The number of rotatable bonds is 6. The van der Waals surface area contributed by atoms with E-state index in [0.29, 0.717) is 6.54 Å². The first-order valence-electron chi connectivity index (χ1n) is 6.18. The van der Waals surface area contributed by atoms with Crippen molar-refractivity contribution in [2.75, 3.05) is 12.3 Å². The molecule has 0 aromatic carbocycles. The monoisotopic (exact) mass is 292 g/mol. The Morgan fingerprint density at radius 1 is 1.33 bits per heavy atom. The maximum atomic E-state index is 11.1. The lowest BCUT2D eigenvalue weighted by molar-refractivity contribution is -0.145. The molecule has 1 saturated heterocycles. The highest BCUT2D eigenvalue weighted by Gasteiger charge is 2.15. The van der Waals surface area contributed by atoms with Crippen LogP contribution in [0, 0.1) is 0 Å². The third-order valence-corrected chi connectivity index (χ3v) is 5.51.